The number of thioether (sulfide) groups is 1. The van der Waals surface area contributed by atoms with Crippen molar-refractivity contribution >= 4 is 17.7 Å². The topological polar surface area (TPSA) is 86.2 Å². The predicted molar refractivity (Wildman–Crippen MR) is 138 cm³/mol. The van der Waals surface area contributed by atoms with Gasteiger partial charge in [0, 0.05) is 16.7 Å². The monoisotopic (exact) mass is 486 g/mol. The average molecular weight is 487 g/mol. The molecule has 7 nitrogen and oxygen atoms in total. The van der Waals surface area contributed by atoms with Gasteiger partial charge in [0.05, 0.1) is 26.0 Å². The summed E-state index contributed by atoms with van der Waals surface area (Å²) in [6.45, 7) is 1.90. The highest BCUT2D eigenvalue weighted by Crippen LogP contribution is 2.31. The third kappa shape index (κ3) is 5.96. The first-order chi connectivity index (χ1) is 17.1. The van der Waals surface area contributed by atoms with Gasteiger partial charge in [0.2, 0.25) is 11.1 Å². The van der Waals surface area contributed by atoms with Gasteiger partial charge in [-0.25, -0.2) is 4.98 Å². The minimum atomic E-state index is -0.271. The number of amides is 1. The van der Waals surface area contributed by atoms with E-state index < -0.39 is 0 Å². The molecule has 3 aromatic carbocycles. The lowest BCUT2D eigenvalue weighted by Gasteiger charge is -2.18. The molecule has 1 unspecified atom stereocenters. The zero-order valence-electron chi connectivity index (χ0n) is 19.8. The second kappa shape index (κ2) is 11.5. The second-order valence-electron chi connectivity index (χ2n) is 7.71. The molecule has 0 fully saturated rings. The van der Waals surface area contributed by atoms with E-state index in [1.165, 1.54) is 11.8 Å². The second-order valence-corrected chi connectivity index (χ2v) is 8.65. The molecule has 0 saturated heterocycles. The molecule has 1 N–H and O–H groups in total. The first-order valence-corrected chi connectivity index (χ1v) is 12.1. The number of aromatic nitrogens is 3. The first-order valence-electron chi connectivity index (χ1n) is 11.1. The summed E-state index contributed by atoms with van der Waals surface area (Å²) in [6, 6.07) is 24.9. The SMILES string of the molecule is COc1ccc(OC)c(C(C)NC(=O)CSc2nnc(-c3ccccc3)c(-c3ccccc3)n2)c1. The van der Waals surface area contributed by atoms with E-state index in [1.807, 2.05) is 85.8 Å². The highest BCUT2D eigenvalue weighted by Gasteiger charge is 2.17. The number of hydrogen-bond acceptors (Lipinski definition) is 7. The van der Waals surface area contributed by atoms with Gasteiger partial charge < -0.3 is 14.8 Å². The van der Waals surface area contributed by atoms with Crippen LogP contribution in [0, 0.1) is 0 Å². The molecule has 0 aliphatic carbocycles. The Kier molecular flexibility index (Phi) is 7.95. The summed E-state index contributed by atoms with van der Waals surface area (Å²) in [4.78, 5) is 17.5. The van der Waals surface area contributed by atoms with Crippen molar-refractivity contribution in [2.75, 3.05) is 20.0 Å². The predicted octanol–water partition coefficient (Wildman–Crippen LogP) is 5.19. The molecule has 0 aliphatic heterocycles. The zero-order chi connectivity index (χ0) is 24.6. The van der Waals surface area contributed by atoms with Crippen molar-refractivity contribution in [2.24, 2.45) is 0 Å². The van der Waals surface area contributed by atoms with Crippen LogP contribution in [0.4, 0.5) is 0 Å². The third-order valence-corrected chi connectivity index (χ3v) is 6.21. The van der Waals surface area contributed by atoms with Crippen molar-refractivity contribution in [1.29, 1.82) is 0 Å². The number of ether oxygens (including phenoxy) is 2. The molecule has 0 aliphatic rings. The van der Waals surface area contributed by atoms with Gasteiger partial charge in [-0.15, -0.1) is 10.2 Å². The molecule has 8 heteroatoms. The molecular weight excluding hydrogens is 460 g/mol. The Hall–Kier alpha value is -3.91. The van der Waals surface area contributed by atoms with E-state index >= 15 is 0 Å². The van der Waals surface area contributed by atoms with Gasteiger partial charge in [-0.2, -0.15) is 0 Å². The lowest BCUT2D eigenvalue weighted by molar-refractivity contribution is -0.119. The van der Waals surface area contributed by atoms with Crippen LogP contribution in [0.3, 0.4) is 0 Å². The fourth-order valence-corrected chi connectivity index (χ4v) is 4.23. The fourth-order valence-electron chi connectivity index (χ4n) is 3.63. The van der Waals surface area contributed by atoms with Crippen molar-refractivity contribution in [2.45, 2.75) is 18.1 Å². The number of carbonyl (C=O) groups excluding carboxylic acids is 1. The van der Waals surface area contributed by atoms with Gasteiger partial charge in [0.15, 0.2) is 0 Å². The van der Waals surface area contributed by atoms with Crippen molar-refractivity contribution in [3.05, 3.63) is 84.4 Å². The largest absolute Gasteiger partial charge is 0.497 e. The number of methoxy groups -OCH3 is 2. The van der Waals surface area contributed by atoms with Crippen LogP contribution < -0.4 is 14.8 Å². The highest BCUT2D eigenvalue weighted by molar-refractivity contribution is 7.99. The molecule has 1 amide bonds. The summed E-state index contributed by atoms with van der Waals surface area (Å²) in [5, 5.41) is 12.2. The maximum Gasteiger partial charge on any atom is 0.230 e. The van der Waals surface area contributed by atoms with E-state index in [9.17, 15) is 4.79 Å². The third-order valence-electron chi connectivity index (χ3n) is 5.37. The molecule has 1 atom stereocenters. The van der Waals surface area contributed by atoms with Crippen LogP contribution in [0.1, 0.15) is 18.5 Å². The number of rotatable bonds is 9. The molecule has 178 valence electrons. The highest BCUT2D eigenvalue weighted by atomic mass is 32.2. The van der Waals surface area contributed by atoms with Gasteiger partial charge in [0.1, 0.15) is 22.9 Å². The van der Waals surface area contributed by atoms with E-state index in [-0.39, 0.29) is 17.7 Å². The Bertz CT molecular complexity index is 1290. The molecule has 4 rings (SSSR count). The van der Waals surface area contributed by atoms with E-state index in [0.717, 1.165) is 22.4 Å². The van der Waals surface area contributed by atoms with Crippen LogP contribution >= 0.6 is 11.8 Å². The Morgan fingerprint density at radius 2 is 1.54 bits per heavy atom. The number of nitrogens with zero attached hydrogens (tertiary/aromatic N) is 3. The summed E-state index contributed by atoms with van der Waals surface area (Å²) in [5.74, 6) is 1.38. The van der Waals surface area contributed by atoms with Crippen LogP contribution in [0.15, 0.2) is 84.0 Å². The zero-order valence-corrected chi connectivity index (χ0v) is 20.6. The van der Waals surface area contributed by atoms with Crippen LogP contribution in [-0.4, -0.2) is 41.1 Å². The normalized spacial score (nSPS) is 11.5. The molecule has 1 heterocycles. The fraction of sp³-hybridized carbons (Fsp3) is 0.185. The lowest BCUT2D eigenvalue weighted by Crippen LogP contribution is -2.28. The molecule has 4 aromatic rings. The summed E-state index contributed by atoms with van der Waals surface area (Å²) in [6.07, 6.45) is 0. The van der Waals surface area contributed by atoms with Gasteiger partial charge >= 0.3 is 0 Å². The van der Waals surface area contributed by atoms with Crippen molar-refractivity contribution in [3.8, 4) is 34.0 Å². The smallest absolute Gasteiger partial charge is 0.230 e. The molecule has 0 spiro atoms. The minimum Gasteiger partial charge on any atom is -0.497 e. The number of hydrogen-bond donors (Lipinski definition) is 1. The van der Waals surface area contributed by atoms with Crippen molar-refractivity contribution in [3.63, 3.8) is 0 Å². The molecular formula is C27H26N4O3S. The van der Waals surface area contributed by atoms with Crippen molar-refractivity contribution < 1.29 is 14.3 Å². The molecule has 35 heavy (non-hydrogen) atoms. The van der Waals surface area contributed by atoms with Crippen LogP contribution in [-0.2, 0) is 4.79 Å². The van der Waals surface area contributed by atoms with E-state index in [2.05, 4.69) is 15.5 Å². The van der Waals surface area contributed by atoms with Gasteiger partial charge in [-0.1, -0.05) is 72.4 Å². The molecule has 1 aromatic heterocycles. The molecule has 0 bridgehead atoms. The maximum atomic E-state index is 12.7. The summed E-state index contributed by atoms with van der Waals surface area (Å²) >= 11 is 1.24. The molecule has 0 saturated carbocycles. The summed E-state index contributed by atoms with van der Waals surface area (Å²) in [5.41, 5.74) is 4.13. The van der Waals surface area contributed by atoms with E-state index in [0.29, 0.717) is 22.3 Å². The maximum absolute atomic E-state index is 12.7. The number of benzene rings is 3. The quantitative estimate of drug-likeness (QED) is 0.326. The first kappa shape index (κ1) is 24.2. The van der Waals surface area contributed by atoms with Crippen molar-refractivity contribution in [1.82, 2.24) is 20.5 Å². The van der Waals surface area contributed by atoms with Gasteiger partial charge in [-0.05, 0) is 25.1 Å². The van der Waals surface area contributed by atoms with Gasteiger partial charge in [0.25, 0.3) is 0 Å². The van der Waals surface area contributed by atoms with E-state index in [1.54, 1.807) is 14.2 Å². The van der Waals surface area contributed by atoms with Crippen LogP contribution in [0.2, 0.25) is 0 Å². The number of carbonyl (C=O) groups is 1. The Labute approximate surface area is 208 Å². The standard InChI is InChI=1S/C27H26N4O3S/c1-18(22-16-21(33-2)14-15-23(22)34-3)28-24(32)17-35-27-29-25(19-10-6-4-7-11-19)26(30-31-27)20-12-8-5-9-13-20/h4-16,18H,17H2,1-3H3,(H,28,32). The van der Waals surface area contributed by atoms with Gasteiger partial charge in [-0.3, -0.25) is 4.79 Å². The molecule has 0 radical (unpaired) electrons. The Balaban J connectivity index is 1.50. The van der Waals surface area contributed by atoms with E-state index in [4.69, 9.17) is 14.5 Å². The lowest BCUT2D eigenvalue weighted by atomic mass is 10.0. The Morgan fingerprint density at radius 3 is 2.17 bits per heavy atom. The number of nitrogens with one attached hydrogen (secondary N) is 1. The Morgan fingerprint density at radius 1 is 0.886 bits per heavy atom. The van der Waals surface area contributed by atoms with Crippen LogP contribution in [0.25, 0.3) is 22.5 Å². The summed E-state index contributed by atoms with van der Waals surface area (Å²) < 4.78 is 10.7. The minimum absolute atomic E-state index is 0.149. The average Bonchev–Trinajstić information content (AvgIpc) is 2.92. The van der Waals surface area contributed by atoms with Crippen LogP contribution in [0.5, 0.6) is 11.5 Å². The summed E-state index contributed by atoms with van der Waals surface area (Å²) in [7, 11) is 3.20.